The van der Waals surface area contributed by atoms with Crippen LogP contribution in [0.15, 0.2) is 18.2 Å². The number of nitrogens with one attached hydrogen (secondary N) is 1. The van der Waals surface area contributed by atoms with Crippen LogP contribution in [0.1, 0.15) is 44.7 Å². The third-order valence-corrected chi connectivity index (χ3v) is 5.27. The van der Waals surface area contributed by atoms with Crippen molar-refractivity contribution < 1.29 is 0 Å². The first-order chi connectivity index (χ1) is 10.0. The minimum atomic E-state index is 0.606. The fourth-order valence-corrected chi connectivity index (χ4v) is 3.48. The van der Waals surface area contributed by atoms with E-state index < -0.39 is 0 Å². The lowest BCUT2D eigenvalue weighted by Crippen LogP contribution is -2.57. The molecule has 1 aliphatic rings. The molecule has 21 heavy (non-hydrogen) atoms. The molecular formula is C18H29ClN2. The fourth-order valence-electron chi connectivity index (χ4n) is 3.19. The molecule has 1 heterocycles. The Balaban J connectivity index is 2.15. The molecule has 0 amide bonds. The first-order valence-electron chi connectivity index (χ1n) is 8.27. The summed E-state index contributed by atoms with van der Waals surface area (Å²) in [5.74, 6) is 0.708. The summed E-state index contributed by atoms with van der Waals surface area (Å²) >= 11 is 6.44. The molecule has 0 aliphatic carbocycles. The summed E-state index contributed by atoms with van der Waals surface area (Å²) < 4.78 is 0. The van der Waals surface area contributed by atoms with Gasteiger partial charge in [0.2, 0.25) is 0 Å². The Morgan fingerprint density at radius 3 is 2.76 bits per heavy atom. The van der Waals surface area contributed by atoms with Crippen LogP contribution in [0.2, 0.25) is 5.02 Å². The van der Waals surface area contributed by atoms with Crippen molar-refractivity contribution >= 4 is 11.6 Å². The molecule has 0 aromatic heterocycles. The molecule has 3 heteroatoms. The van der Waals surface area contributed by atoms with Crippen molar-refractivity contribution in [2.45, 2.75) is 59.2 Å². The molecule has 2 rings (SSSR count). The van der Waals surface area contributed by atoms with E-state index in [-0.39, 0.29) is 0 Å². The minimum Gasteiger partial charge on any atom is -0.311 e. The van der Waals surface area contributed by atoms with Gasteiger partial charge < -0.3 is 5.32 Å². The standard InChI is InChI=1S/C18H29ClN2/c1-5-14(4)18-10-20-16(6-2)12-21(18)11-15-8-7-13(3)9-17(15)19/h7-9,14,16,18,20H,5-6,10-12H2,1-4H3. The van der Waals surface area contributed by atoms with Crippen molar-refractivity contribution in [2.24, 2.45) is 5.92 Å². The van der Waals surface area contributed by atoms with Crippen LogP contribution in [-0.2, 0) is 6.54 Å². The predicted octanol–water partition coefficient (Wildman–Crippen LogP) is 4.25. The zero-order valence-electron chi connectivity index (χ0n) is 13.8. The van der Waals surface area contributed by atoms with Crippen molar-refractivity contribution in [3.63, 3.8) is 0 Å². The smallest absolute Gasteiger partial charge is 0.0453 e. The van der Waals surface area contributed by atoms with Crippen LogP contribution in [0.25, 0.3) is 0 Å². The Labute approximate surface area is 134 Å². The second kappa shape index (κ2) is 7.62. The van der Waals surface area contributed by atoms with E-state index in [0.717, 1.165) is 24.7 Å². The van der Waals surface area contributed by atoms with Gasteiger partial charge in [-0.1, -0.05) is 50.9 Å². The quantitative estimate of drug-likeness (QED) is 0.875. The Hall–Kier alpha value is -0.570. The number of piperazine rings is 1. The van der Waals surface area contributed by atoms with Crippen LogP contribution < -0.4 is 5.32 Å². The normalized spacial score (nSPS) is 25.0. The second-order valence-electron chi connectivity index (χ2n) is 6.49. The number of hydrogen-bond donors (Lipinski definition) is 1. The molecule has 0 bridgehead atoms. The van der Waals surface area contributed by atoms with Gasteiger partial charge in [-0.15, -0.1) is 0 Å². The number of benzene rings is 1. The van der Waals surface area contributed by atoms with Crippen molar-refractivity contribution in [3.8, 4) is 0 Å². The number of aryl methyl sites for hydroxylation is 1. The Kier molecular flexibility index (Phi) is 6.09. The van der Waals surface area contributed by atoms with Gasteiger partial charge in [0.25, 0.3) is 0 Å². The lowest BCUT2D eigenvalue weighted by Gasteiger charge is -2.43. The van der Waals surface area contributed by atoms with Gasteiger partial charge in [0.15, 0.2) is 0 Å². The van der Waals surface area contributed by atoms with E-state index in [9.17, 15) is 0 Å². The number of rotatable bonds is 5. The topological polar surface area (TPSA) is 15.3 Å². The van der Waals surface area contributed by atoms with E-state index in [4.69, 9.17) is 11.6 Å². The largest absolute Gasteiger partial charge is 0.311 e. The Morgan fingerprint density at radius 1 is 1.38 bits per heavy atom. The van der Waals surface area contributed by atoms with Crippen molar-refractivity contribution in [1.29, 1.82) is 0 Å². The molecule has 118 valence electrons. The molecular weight excluding hydrogens is 280 g/mol. The molecule has 1 aromatic rings. The molecule has 1 fully saturated rings. The van der Waals surface area contributed by atoms with Gasteiger partial charge in [-0.3, -0.25) is 4.90 Å². The third-order valence-electron chi connectivity index (χ3n) is 4.92. The van der Waals surface area contributed by atoms with Crippen LogP contribution in [0.3, 0.4) is 0 Å². The molecule has 2 nitrogen and oxygen atoms in total. The first-order valence-corrected chi connectivity index (χ1v) is 8.65. The van der Waals surface area contributed by atoms with Crippen molar-refractivity contribution in [3.05, 3.63) is 34.3 Å². The maximum Gasteiger partial charge on any atom is 0.0453 e. The van der Waals surface area contributed by atoms with E-state index >= 15 is 0 Å². The van der Waals surface area contributed by atoms with Gasteiger partial charge in [0.1, 0.15) is 0 Å². The summed E-state index contributed by atoms with van der Waals surface area (Å²) in [6.07, 6.45) is 2.41. The van der Waals surface area contributed by atoms with Crippen LogP contribution in [-0.4, -0.2) is 30.1 Å². The summed E-state index contributed by atoms with van der Waals surface area (Å²) in [5.41, 5.74) is 2.49. The molecule has 1 saturated heterocycles. The molecule has 1 aromatic carbocycles. The number of hydrogen-bond acceptors (Lipinski definition) is 2. The average Bonchev–Trinajstić information content (AvgIpc) is 2.49. The van der Waals surface area contributed by atoms with Crippen molar-refractivity contribution in [2.75, 3.05) is 13.1 Å². The van der Waals surface area contributed by atoms with Crippen LogP contribution in [0.5, 0.6) is 0 Å². The SMILES string of the molecule is CCC1CN(Cc2ccc(C)cc2Cl)C(C(C)CC)CN1. The monoisotopic (exact) mass is 308 g/mol. The maximum absolute atomic E-state index is 6.44. The number of halogens is 1. The second-order valence-corrected chi connectivity index (χ2v) is 6.90. The van der Waals surface area contributed by atoms with Gasteiger partial charge in [-0.2, -0.15) is 0 Å². The summed E-state index contributed by atoms with van der Waals surface area (Å²) in [6.45, 7) is 12.2. The Bertz CT molecular complexity index is 461. The molecule has 0 saturated carbocycles. The molecule has 3 atom stereocenters. The zero-order valence-corrected chi connectivity index (χ0v) is 14.6. The van der Waals surface area contributed by atoms with E-state index in [1.807, 2.05) is 0 Å². The van der Waals surface area contributed by atoms with Crippen LogP contribution in [0, 0.1) is 12.8 Å². The number of nitrogens with zero attached hydrogens (tertiary/aromatic N) is 1. The first kappa shape index (κ1) is 16.8. The summed E-state index contributed by atoms with van der Waals surface area (Å²) in [5, 5.41) is 4.61. The van der Waals surface area contributed by atoms with Crippen LogP contribution in [0.4, 0.5) is 0 Å². The highest BCUT2D eigenvalue weighted by Crippen LogP contribution is 2.25. The lowest BCUT2D eigenvalue weighted by atomic mass is 9.93. The van der Waals surface area contributed by atoms with Gasteiger partial charge in [0, 0.05) is 36.7 Å². The summed E-state index contributed by atoms with van der Waals surface area (Å²) in [4.78, 5) is 2.63. The average molecular weight is 309 g/mol. The van der Waals surface area contributed by atoms with Gasteiger partial charge >= 0.3 is 0 Å². The van der Waals surface area contributed by atoms with Gasteiger partial charge in [0.05, 0.1) is 0 Å². The maximum atomic E-state index is 6.44. The van der Waals surface area contributed by atoms with E-state index in [1.165, 1.54) is 24.0 Å². The minimum absolute atomic E-state index is 0.606. The zero-order chi connectivity index (χ0) is 15.4. The van der Waals surface area contributed by atoms with E-state index in [2.05, 4.69) is 56.1 Å². The lowest BCUT2D eigenvalue weighted by molar-refractivity contribution is 0.0833. The predicted molar refractivity (Wildman–Crippen MR) is 91.9 cm³/mol. The highest BCUT2D eigenvalue weighted by atomic mass is 35.5. The van der Waals surface area contributed by atoms with Gasteiger partial charge in [-0.25, -0.2) is 0 Å². The highest BCUT2D eigenvalue weighted by molar-refractivity contribution is 6.31. The van der Waals surface area contributed by atoms with E-state index in [1.54, 1.807) is 0 Å². The van der Waals surface area contributed by atoms with Crippen molar-refractivity contribution in [1.82, 2.24) is 10.2 Å². The molecule has 1 N–H and O–H groups in total. The Morgan fingerprint density at radius 2 is 2.14 bits per heavy atom. The van der Waals surface area contributed by atoms with E-state index in [0.29, 0.717) is 18.0 Å². The van der Waals surface area contributed by atoms with Gasteiger partial charge in [-0.05, 0) is 36.5 Å². The summed E-state index contributed by atoms with van der Waals surface area (Å²) in [7, 11) is 0. The highest BCUT2D eigenvalue weighted by Gasteiger charge is 2.30. The molecule has 0 radical (unpaired) electrons. The molecule has 0 spiro atoms. The summed E-state index contributed by atoms with van der Waals surface area (Å²) in [6, 6.07) is 7.65. The molecule has 1 aliphatic heterocycles. The molecule has 3 unspecified atom stereocenters. The third kappa shape index (κ3) is 4.21. The fraction of sp³-hybridized carbons (Fsp3) is 0.667. The van der Waals surface area contributed by atoms with Crippen LogP contribution >= 0.6 is 11.6 Å².